The Morgan fingerprint density at radius 3 is 1.72 bits per heavy atom. The number of aliphatic hydroxyl groups excluding tert-OH is 5. The van der Waals surface area contributed by atoms with E-state index in [1.54, 1.807) is 6.08 Å². The maximum absolute atomic E-state index is 12.9. The number of carbonyl (C=O) groups is 1. The van der Waals surface area contributed by atoms with Gasteiger partial charge in [0, 0.05) is 6.42 Å². The molecule has 0 aromatic carbocycles. The Hall–Kier alpha value is -1.85. The SMILES string of the molecule is CCCC/C=C\C/C=C\CCCCCCCC(=O)NC(COC1OC(CO)C(O)C(O)C1O)C(O)/C=C/CC/C=C/CCCCCCCCCCCCC. The molecule has 1 amide bonds. The summed E-state index contributed by atoms with van der Waals surface area (Å²) in [5, 5.41) is 54.1. The van der Waals surface area contributed by atoms with Gasteiger partial charge in [0.05, 0.1) is 25.4 Å². The van der Waals surface area contributed by atoms with Gasteiger partial charge in [-0.3, -0.25) is 4.79 Å². The second kappa shape index (κ2) is 35.6. The Bertz CT molecular complexity index is 983. The number of allylic oxidation sites excluding steroid dienone is 7. The van der Waals surface area contributed by atoms with E-state index >= 15 is 0 Å². The highest BCUT2D eigenvalue weighted by atomic mass is 16.7. The summed E-state index contributed by atoms with van der Waals surface area (Å²) in [4.78, 5) is 12.9. The van der Waals surface area contributed by atoms with Crippen molar-refractivity contribution in [2.45, 2.75) is 217 Å². The molecular weight excluding hydrogens is 682 g/mol. The minimum Gasteiger partial charge on any atom is -0.394 e. The molecule has 1 rings (SSSR count). The van der Waals surface area contributed by atoms with Crippen molar-refractivity contribution in [3.63, 3.8) is 0 Å². The number of rotatable bonds is 35. The fourth-order valence-corrected chi connectivity index (χ4v) is 6.54. The van der Waals surface area contributed by atoms with Crippen LogP contribution in [0.25, 0.3) is 0 Å². The summed E-state index contributed by atoms with van der Waals surface area (Å²) in [6, 6.07) is -0.828. The van der Waals surface area contributed by atoms with Crippen molar-refractivity contribution in [1.82, 2.24) is 5.32 Å². The van der Waals surface area contributed by atoms with Crippen LogP contribution < -0.4 is 5.32 Å². The highest BCUT2D eigenvalue weighted by Gasteiger charge is 2.44. The predicted molar refractivity (Wildman–Crippen MR) is 221 cm³/mol. The molecule has 0 bridgehead atoms. The van der Waals surface area contributed by atoms with Crippen molar-refractivity contribution in [1.29, 1.82) is 0 Å². The molecule has 0 radical (unpaired) electrons. The lowest BCUT2D eigenvalue weighted by Crippen LogP contribution is -2.60. The number of amides is 1. The summed E-state index contributed by atoms with van der Waals surface area (Å²) in [5.74, 6) is -0.204. The molecule has 1 aliphatic heterocycles. The Labute approximate surface area is 329 Å². The zero-order valence-electron chi connectivity index (χ0n) is 34.2. The second-order valence-electron chi connectivity index (χ2n) is 15.1. The third-order valence-corrected chi connectivity index (χ3v) is 10.1. The molecule has 6 N–H and O–H groups in total. The van der Waals surface area contributed by atoms with Crippen LogP contribution in [0.15, 0.2) is 48.6 Å². The Morgan fingerprint density at radius 2 is 1.13 bits per heavy atom. The van der Waals surface area contributed by atoms with Crippen LogP contribution in [0.3, 0.4) is 0 Å². The number of carbonyl (C=O) groups excluding carboxylic acids is 1. The largest absolute Gasteiger partial charge is 0.394 e. The van der Waals surface area contributed by atoms with Gasteiger partial charge in [-0.1, -0.05) is 159 Å². The lowest BCUT2D eigenvalue weighted by Gasteiger charge is -2.40. The Morgan fingerprint density at radius 1 is 0.630 bits per heavy atom. The van der Waals surface area contributed by atoms with E-state index in [0.717, 1.165) is 70.6 Å². The molecule has 7 unspecified atom stereocenters. The van der Waals surface area contributed by atoms with Gasteiger partial charge in [-0.15, -0.1) is 0 Å². The van der Waals surface area contributed by atoms with Gasteiger partial charge in [0.1, 0.15) is 24.4 Å². The Balaban J connectivity index is 2.43. The van der Waals surface area contributed by atoms with Crippen LogP contribution in [-0.2, 0) is 14.3 Å². The number of ether oxygens (including phenoxy) is 2. The number of hydrogen-bond donors (Lipinski definition) is 6. The molecule has 1 fully saturated rings. The molecule has 0 aromatic rings. The van der Waals surface area contributed by atoms with Gasteiger partial charge in [-0.25, -0.2) is 0 Å². The highest BCUT2D eigenvalue weighted by Crippen LogP contribution is 2.22. The fraction of sp³-hybridized carbons (Fsp3) is 0.800. The van der Waals surface area contributed by atoms with Crippen molar-refractivity contribution in [2.24, 2.45) is 0 Å². The lowest BCUT2D eigenvalue weighted by atomic mass is 9.99. The quantitative estimate of drug-likeness (QED) is 0.0278. The molecule has 0 aliphatic carbocycles. The first-order valence-corrected chi connectivity index (χ1v) is 21.9. The zero-order chi connectivity index (χ0) is 39.5. The molecule has 1 heterocycles. The molecule has 0 saturated carbocycles. The first-order chi connectivity index (χ1) is 26.3. The third kappa shape index (κ3) is 26.1. The second-order valence-corrected chi connectivity index (χ2v) is 15.1. The van der Waals surface area contributed by atoms with E-state index < -0.39 is 49.5 Å². The first-order valence-electron chi connectivity index (χ1n) is 21.9. The molecule has 54 heavy (non-hydrogen) atoms. The molecule has 9 nitrogen and oxygen atoms in total. The number of aliphatic hydroxyl groups is 5. The summed E-state index contributed by atoms with van der Waals surface area (Å²) in [6.45, 7) is 3.69. The van der Waals surface area contributed by atoms with Gasteiger partial charge in [0.25, 0.3) is 0 Å². The van der Waals surface area contributed by atoms with Crippen LogP contribution in [0.1, 0.15) is 174 Å². The summed E-state index contributed by atoms with van der Waals surface area (Å²) >= 11 is 0. The molecule has 1 saturated heterocycles. The van der Waals surface area contributed by atoms with E-state index in [9.17, 15) is 30.3 Å². The minimum absolute atomic E-state index is 0.204. The van der Waals surface area contributed by atoms with E-state index in [4.69, 9.17) is 9.47 Å². The van der Waals surface area contributed by atoms with Gasteiger partial charge in [0.15, 0.2) is 6.29 Å². The topological polar surface area (TPSA) is 149 Å². The standard InChI is InChI=1S/C45H81NO8/c1-3-5-7-9-11-13-15-17-19-20-21-22-24-26-28-30-32-34-39(48)38(37-53-45-44(52)43(51)42(50)40(36-47)54-45)46-41(49)35-33-31-29-27-25-23-18-16-14-12-10-8-6-4-2/h10,12,16,18,24,26,32,34,38-40,42-45,47-48,50-52H,3-9,11,13-15,17,19-23,25,27-31,33,35-37H2,1-2H3,(H,46,49)/b12-10-,18-16-,26-24+,34-32+. The molecule has 314 valence electrons. The predicted octanol–water partition coefficient (Wildman–Crippen LogP) is 8.67. The van der Waals surface area contributed by atoms with Crippen LogP contribution in [-0.4, -0.2) is 87.5 Å². The molecule has 9 heteroatoms. The van der Waals surface area contributed by atoms with E-state index in [2.05, 4.69) is 55.6 Å². The monoisotopic (exact) mass is 764 g/mol. The summed E-state index contributed by atoms with van der Waals surface area (Å²) < 4.78 is 11.2. The summed E-state index contributed by atoms with van der Waals surface area (Å²) in [6.07, 6.45) is 37.2. The van der Waals surface area contributed by atoms with Gasteiger partial charge in [-0.2, -0.15) is 0 Å². The van der Waals surface area contributed by atoms with Crippen molar-refractivity contribution in [3.8, 4) is 0 Å². The van der Waals surface area contributed by atoms with E-state index in [1.165, 1.54) is 83.5 Å². The minimum atomic E-state index is -1.57. The zero-order valence-corrected chi connectivity index (χ0v) is 34.2. The molecule has 0 aromatic heterocycles. The van der Waals surface area contributed by atoms with Crippen molar-refractivity contribution in [2.75, 3.05) is 13.2 Å². The maximum atomic E-state index is 12.9. The Kier molecular flexibility index (Phi) is 33.0. The normalized spacial score (nSPS) is 21.9. The van der Waals surface area contributed by atoms with E-state index in [0.29, 0.717) is 6.42 Å². The van der Waals surface area contributed by atoms with Crippen molar-refractivity contribution >= 4 is 5.91 Å². The van der Waals surface area contributed by atoms with Crippen LogP contribution in [0.5, 0.6) is 0 Å². The van der Waals surface area contributed by atoms with Gasteiger partial charge < -0.3 is 40.3 Å². The molecule has 1 aliphatic rings. The molecular formula is C45H81NO8. The van der Waals surface area contributed by atoms with Crippen molar-refractivity contribution in [3.05, 3.63) is 48.6 Å². The molecule has 0 spiro atoms. The average molecular weight is 764 g/mol. The number of unbranched alkanes of at least 4 members (excludes halogenated alkanes) is 19. The van der Waals surface area contributed by atoms with Crippen LogP contribution in [0.4, 0.5) is 0 Å². The number of hydrogen-bond acceptors (Lipinski definition) is 8. The van der Waals surface area contributed by atoms with Gasteiger partial charge >= 0.3 is 0 Å². The van der Waals surface area contributed by atoms with E-state index in [-0.39, 0.29) is 12.5 Å². The lowest BCUT2D eigenvalue weighted by molar-refractivity contribution is -0.302. The van der Waals surface area contributed by atoms with Crippen LogP contribution in [0, 0.1) is 0 Å². The van der Waals surface area contributed by atoms with Gasteiger partial charge in [-0.05, 0) is 57.8 Å². The third-order valence-electron chi connectivity index (χ3n) is 10.1. The van der Waals surface area contributed by atoms with Crippen molar-refractivity contribution < 1.29 is 39.8 Å². The number of nitrogens with one attached hydrogen (secondary N) is 1. The first kappa shape index (κ1) is 50.2. The van der Waals surface area contributed by atoms with E-state index in [1.807, 2.05) is 6.08 Å². The summed E-state index contributed by atoms with van der Waals surface area (Å²) in [7, 11) is 0. The van der Waals surface area contributed by atoms with Crippen LogP contribution >= 0.6 is 0 Å². The average Bonchev–Trinajstić information content (AvgIpc) is 3.17. The van der Waals surface area contributed by atoms with Gasteiger partial charge in [0.2, 0.25) is 5.91 Å². The summed E-state index contributed by atoms with van der Waals surface area (Å²) in [5.41, 5.74) is 0. The fourth-order valence-electron chi connectivity index (χ4n) is 6.54. The maximum Gasteiger partial charge on any atom is 0.220 e. The smallest absolute Gasteiger partial charge is 0.220 e. The van der Waals surface area contributed by atoms with Crippen LogP contribution in [0.2, 0.25) is 0 Å². The molecule has 7 atom stereocenters. The highest BCUT2D eigenvalue weighted by molar-refractivity contribution is 5.76.